The molecule has 0 radical (unpaired) electrons. The molecule has 0 aliphatic carbocycles. The molecule has 45 heavy (non-hydrogen) atoms. The Labute approximate surface area is 268 Å². The molecule has 5 aromatic rings. The summed E-state index contributed by atoms with van der Waals surface area (Å²) in [6.07, 6.45) is 0. The number of hydrogen-bond acceptors (Lipinski definition) is 8. The Morgan fingerprint density at radius 1 is 0.933 bits per heavy atom. The van der Waals surface area contributed by atoms with Crippen LogP contribution in [0.5, 0.6) is 5.75 Å². The van der Waals surface area contributed by atoms with Gasteiger partial charge in [0.15, 0.2) is 4.34 Å². The number of hydrogen-bond donors (Lipinski definition) is 1. The Bertz CT molecular complexity index is 1890. The van der Waals surface area contributed by atoms with Crippen molar-refractivity contribution in [1.29, 1.82) is 0 Å². The summed E-state index contributed by atoms with van der Waals surface area (Å²) in [6, 6.07) is 27.7. The summed E-state index contributed by atoms with van der Waals surface area (Å²) in [5, 5.41) is 20.4. The van der Waals surface area contributed by atoms with E-state index in [1.165, 1.54) is 40.1 Å². The minimum Gasteiger partial charge on any atom is -0.507 e. The third-order valence-electron chi connectivity index (χ3n) is 7.41. The van der Waals surface area contributed by atoms with Gasteiger partial charge in [0.1, 0.15) is 23.9 Å². The zero-order valence-electron chi connectivity index (χ0n) is 24.4. The number of benzene rings is 4. The molecule has 1 N–H and O–H groups in total. The SMILES string of the molecule is Cc1ccc(C)c(/C(O)=C2\C(=O)C(=O)N(c3nnc(SCc4ccc(F)cc4)s3)C2c2ccc(OCc3ccccc3)cc2)c1. The van der Waals surface area contributed by atoms with Crippen molar-refractivity contribution >= 4 is 45.7 Å². The van der Waals surface area contributed by atoms with Gasteiger partial charge in [0.05, 0.1) is 11.6 Å². The summed E-state index contributed by atoms with van der Waals surface area (Å²) >= 11 is 2.56. The number of aryl methyl sites for hydroxylation is 2. The highest BCUT2D eigenvalue weighted by atomic mass is 32.2. The van der Waals surface area contributed by atoms with Gasteiger partial charge < -0.3 is 9.84 Å². The van der Waals surface area contributed by atoms with Crippen LogP contribution < -0.4 is 9.64 Å². The number of ether oxygens (including phenoxy) is 1. The summed E-state index contributed by atoms with van der Waals surface area (Å²) in [6.45, 7) is 4.12. The number of anilines is 1. The molecule has 1 atom stereocenters. The van der Waals surface area contributed by atoms with Gasteiger partial charge in [-0.05, 0) is 66.4 Å². The summed E-state index contributed by atoms with van der Waals surface area (Å²) < 4.78 is 19.9. The molecule has 0 bridgehead atoms. The fourth-order valence-corrected chi connectivity index (χ4v) is 6.88. The topological polar surface area (TPSA) is 92.6 Å². The van der Waals surface area contributed by atoms with Crippen LogP contribution in [-0.2, 0) is 21.9 Å². The summed E-state index contributed by atoms with van der Waals surface area (Å²) in [5.41, 5.74) is 4.65. The molecule has 1 aliphatic rings. The second-order valence-electron chi connectivity index (χ2n) is 10.6. The number of amides is 1. The maximum Gasteiger partial charge on any atom is 0.301 e. The predicted molar refractivity (Wildman–Crippen MR) is 174 cm³/mol. The number of carbonyl (C=O) groups excluding carboxylic acids is 2. The first-order valence-electron chi connectivity index (χ1n) is 14.1. The Hall–Kier alpha value is -4.80. The molecule has 226 valence electrons. The Balaban J connectivity index is 1.35. The lowest BCUT2D eigenvalue weighted by Gasteiger charge is -2.23. The average molecular weight is 638 g/mol. The van der Waals surface area contributed by atoms with Crippen molar-refractivity contribution in [2.75, 3.05) is 4.90 Å². The van der Waals surface area contributed by atoms with Crippen LogP contribution in [-0.4, -0.2) is 27.0 Å². The van der Waals surface area contributed by atoms with Crippen molar-refractivity contribution in [2.45, 2.75) is 36.6 Å². The van der Waals surface area contributed by atoms with Crippen molar-refractivity contribution in [2.24, 2.45) is 0 Å². The number of Topliss-reactive ketones (excluding diaryl/α,β-unsaturated/α-hetero) is 1. The predicted octanol–water partition coefficient (Wildman–Crippen LogP) is 7.79. The van der Waals surface area contributed by atoms with Crippen molar-refractivity contribution in [3.63, 3.8) is 0 Å². The monoisotopic (exact) mass is 637 g/mol. The van der Waals surface area contributed by atoms with E-state index >= 15 is 0 Å². The number of thioether (sulfide) groups is 1. The van der Waals surface area contributed by atoms with Crippen molar-refractivity contribution in [3.8, 4) is 5.75 Å². The summed E-state index contributed by atoms with van der Waals surface area (Å²) in [4.78, 5) is 28.6. The van der Waals surface area contributed by atoms with Gasteiger partial charge in [-0.2, -0.15) is 0 Å². The van der Waals surface area contributed by atoms with Gasteiger partial charge in [-0.1, -0.05) is 95.4 Å². The van der Waals surface area contributed by atoms with E-state index in [-0.39, 0.29) is 22.3 Å². The number of carbonyl (C=O) groups is 2. The second kappa shape index (κ2) is 13.1. The maximum absolute atomic E-state index is 13.6. The molecule has 10 heteroatoms. The molecular formula is C35H28FN3O4S2. The third kappa shape index (κ3) is 6.52. The Morgan fingerprint density at radius 3 is 2.40 bits per heavy atom. The van der Waals surface area contributed by atoms with E-state index in [2.05, 4.69) is 10.2 Å². The van der Waals surface area contributed by atoms with Crippen LogP contribution in [0.25, 0.3) is 5.76 Å². The van der Waals surface area contributed by atoms with Crippen molar-refractivity contribution < 1.29 is 23.8 Å². The summed E-state index contributed by atoms with van der Waals surface area (Å²) in [5.74, 6) is -1.03. The minimum absolute atomic E-state index is 0.0256. The number of rotatable bonds is 9. The number of ketones is 1. The van der Waals surface area contributed by atoms with Gasteiger partial charge in [-0.15, -0.1) is 10.2 Å². The molecule has 1 unspecified atom stereocenters. The maximum atomic E-state index is 13.6. The molecule has 0 saturated carbocycles. The first-order valence-corrected chi connectivity index (χ1v) is 15.9. The molecule has 2 heterocycles. The van der Waals surface area contributed by atoms with Crippen LogP contribution in [0.3, 0.4) is 0 Å². The molecule has 6 rings (SSSR count). The smallest absolute Gasteiger partial charge is 0.301 e. The Morgan fingerprint density at radius 2 is 1.67 bits per heavy atom. The van der Waals surface area contributed by atoms with E-state index in [0.717, 1.165) is 22.3 Å². The molecular weight excluding hydrogens is 610 g/mol. The number of aromatic nitrogens is 2. The van der Waals surface area contributed by atoms with E-state index in [1.807, 2.05) is 56.3 Å². The van der Waals surface area contributed by atoms with Crippen LogP contribution in [0.2, 0.25) is 0 Å². The van der Waals surface area contributed by atoms with Crippen LogP contribution in [0.1, 0.15) is 39.4 Å². The van der Waals surface area contributed by atoms with E-state index < -0.39 is 17.7 Å². The normalized spacial score (nSPS) is 15.9. The van der Waals surface area contributed by atoms with E-state index in [0.29, 0.717) is 33.6 Å². The zero-order valence-corrected chi connectivity index (χ0v) is 26.1. The molecule has 1 amide bonds. The average Bonchev–Trinajstić information content (AvgIpc) is 3.63. The van der Waals surface area contributed by atoms with Crippen LogP contribution >= 0.6 is 23.1 Å². The Kier molecular flexibility index (Phi) is 8.77. The molecule has 7 nitrogen and oxygen atoms in total. The first kappa shape index (κ1) is 30.2. The quantitative estimate of drug-likeness (QED) is 0.0580. The second-order valence-corrected chi connectivity index (χ2v) is 12.8. The molecule has 1 aromatic heterocycles. The lowest BCUT2D eigenvalue weighted by atomic mass is 9.93. The van der Waals surface area contributed by atoms with Gasteiger partial charge in [-0.3, -0.25) is 14.5 Å². The molecule has 0 spiro atoms. The highest BCUT2D eigenvalue weighted by Crippen LogP contribution is 2.44. The van der Waals surface area contributed by atoms with Crippen molar-refractivity contribution in [3.05, 3.63) is 142 Å². The van der Waals surface area contributed by atoms with Gasteiger partial charge in [0.25, 0.3) is 5.78 Å². The number of aliphatic hydroxyl groups excluding tert-OH is 1. The lowest BCUT2D eigenvalue weighted by molar-refractivity contribution is -0.132. The van der Waals surface area contributed by atoms with Crippen LogP contribution in [0, 0.1) is 19.7 Å². The zero-order chi connectivity index (χ0) is 31.5. The number of halogens is 1. The molecule has 1 aliphatic heterocycles. The first-order chi connectivity index (χ1) is 21.8. The van der Waals surface area contributed by atoms with Crippen LogP contribution in [0.15, 0.2) is 107 Å². The minimum atomic E-state index is -0.948. The highest BCUT2D eigenvalue weighted by Gasteiger charge is 2.48. The van der Waals surface area contributed by atoms with Crippen molar-refractivity contribution in [1.82, 2.24) is 10.2 Å². The van der Waals surface area contributed by atoms with Gasteiger partial charge in [0, 0.05) is 11.3 Å². The van der Waals surface area contributed by atoms with E-state index in [9.17, 15) is 19.1 Å². The molecule has 1 saturated heterocycles. The van der Waals surface area contributed by atoms with E-state index in [1.54, 1.807) is 42.5 Å². The van der Waals surface area contributed by atoms with Crippen LogP contribution in [0.4, 0.5) is 9.52 Å². The number of aliphatic hydroxyl groups is 1. The molecule has 4 aromatic carbocycles. The fourth-order valence-electron chi connectivity index (χ4n) is 5.05. The highest BCUT2D eigenvalue weighted by molar-refractivity contribution is 8.00. The fraction of sp³-hybridized carbons (Fsp3) is 0.143. The van der Waals surface area contributed by atoms with Gasteiger partial charge >= 0.3 is 5.91 Å². The molecule has 1 fully saturated rings. The standard InChI is InChI=1S/C35H28FN3O4S2/c1-21-8-9-22(2)28(18-21)31(40)29-30(25-12-16-27(17-13-25)43-19-23-6-4-3-5-7-23)39(33(42)32(29)41)34-37-38-35(45-34)44-20-24-10-14-26(36)15-11-24/h3-18,30,40H,19-20H2,1-2H3/b31-29+. The number of nitrogens with zero attached hydrogens (tertiary/aromatic N) is 3. The summed E-state index contributed by atoms with van der Waals surface area (Å²) in [7, 11) is 0. The van der Waals surface area contributed by atoms with E-state index in [4.69, 9.17) is 4.74 Å². The third-order valence-corrected chi connectivity index (χ3v) is 9.54. The lowest BCUT2D eigenvalue weighted by Crippen LogP contribution is -2.29. The largest absolute Gasteiger partial charge is 0.507 e. The van der Waals surface area contributed by atoms with Gasteiger partial charge in [0.2, 0.25) is 5.13 Å². The van der Waals surface area contributed by atoms with Gasteiger partial charge in [-0.25, -0.2) is 4.39 Å².